The number of nitrogens with two attached hydrogens (primary N) is 1. The molecule has 0 unspecified atom stereocenters. The topological polar surface area (TPSA) is 79.5 Å². The highest BCUT2D eigenvalue weighted by molar-refractivity contribution is 14.0. The average molecular weight is 424 g/mol. The zero-order valence-electron chi connectivity index (χ0n) is 13.0. The summed E-state index contributed by atoms with van der Waals surface area (Å²) in [7, 11) is 0. The van der Waals surface area contributed by atoms with Gasteiger partial charge in [0.25, 0.3) is 0 Å². The Balaban J connectivity index is 0.00000400. The van der Waals surface area contributed by atoms with Gasteiger partial charge in [-0.3, -0.25) is 4.79 Å². The van der Waals surface area contributed by atoms with Crippen molar-refractivity contribution in [2.45, 2.75) is 34.2 Å². The van der Waals surface area contributed by atoms with Crippen molar-refractivity contribution in [1.29, 1.82) is 0 Å². The number of aliphatic imine (C=N–C) groups is 1. The number of nitrogens with zero attached hydrogens (tertiary/aromatic N) is 1. The highest BCUT2D eigenvalue weighted by atomic mass is 127. The van der Waals surface area contributed by atoms with E-state index >= 15 is 0 Å². The smallest absolute Gasteiger partial charge is 0.224 e. The lowest BCUT2D eigenvalue weighted by molar-refractivity contribution is -0.125. The predicted molar refractivity (Wildman–Crippen MR) is 100 cm³/mol. The van der Waals surface area contributed by atoms with Crippen LogP contribution in [0.2, 0.25) is 0 Å². The zero-order valence-corrected chi connectivity index (χ0v) is 16.2. The predicted octanol–water partition coefficient (Wildman–Crippen LogP) is 2.24. The number of halogens is 1. The fourth-order valence-corrected chi connectivity index (χ4v) is 2.28. The van der Waals surface area contributed by atoms with Gasteiger partial charge in [0.1, 0.15) is 0 Å². The van der Waals surface area contributed by atoms with Crippen LogP contribution >= 0.6 is 35.3 Å². The Kier molecular flexibility index (Phi) is 8.88. The fraction of sp³-hybridized carbons (Fsp3) is 0.571. The second-order valence-electron chi connectivity index (χ2n) is 5.31. The van der Waals surface area contributed by atoms with Crippen LogP contribution in [0.5, 0.6) is 0 Å². The summed E-state index contributed by atoms with van der Waals surface area (Å²) in [4.78, 5) is 18.3. The Morgan fingerprint density at radius 3 is 2.52 bits per heavy atom. The zero-order chi connectivity index (χ0) is 15.2. The van der Waals surface area contributed by atoms with E-state index in [0.29, 0.717) is 19.0 Å². The first-order chi connectivity index (χ1) is 9.35. The molecular formula is C14H25IN4OS. The molecule has 0 aromatic carbocycles. The molecule has 0 aliphatic heterocycles. The number of carbonyl (C=O) groups excluding carboxylic acids is 1. The van der Waals surface area contributed by atoms with Gasteiger partial charge in [-0.2, -0.15) is 0 Å². The number of nitrogens with one attached hydrogen (secondary N) is 2. The van der Waals surface area contributed by atoms with E-state index in [1.54, 1.807) is 11.3 Å². The minimum absolute atomic E-state index is 0. The van der Waals surface area contributed by atoms with Crippen LogP contribution < -0.4 is 16.4 Å². The summed E-state index contributed by atoms with van der Waals surface area (Å²) in [5.74, 6) is 0.377. The van der Waals surface area contributed by atoms with Crippen LogP contribution in [0.15, 0.2) is 17.1 Å². The number of thiophene rings is 1. The Morgan fingerprint density at radius 1 is 1.38 bits per heavy atom. The Labute approximate surface area is 147 Å². The van der Waals surface area contributed by atoms with Crippen molar-refractivity contribution >= 4 is 47.2 Å². The van der Waals surface area contributed by atoms with Crippen LogP contribution in [0.1, 0.15) is 30.5 Å². The van der Waals surface area contributed by atoms with Gasteiger partial charge in [-0.15, -0.1) is 35.3 Å². The second-order valence-corrected chi connectivity index (χ2v) is 6.68. The maximum absolute atomic E-state index is 11.3. The summed E-state index contributed by atoms with van der Waals surface area (Å²) in [5.41, 5.74) is 4.76. The minimum Gasteiger partial charge on any atom is -0.369 e. The molecule has 21 heavy (non-hydrogen) atoms. The highest BCUT2D eigenvalue weighted by Gasteiger charge is 2.24. The molecule has 1 heterocycles. The van der Waals surface area contributed by atoms with Crippen molar-refractivity contribution in [2.24, 2.45) is 16.1 Å². The number of primary amides is 1. The number of amides is 1. The summed E-state index contributed by atoms with van der Waals surface area (Å²) in [5, 5.41) is 6.32. The van der Waals surface area contributed by atoms with Crippen LogP contribution in [0.3, 0.4) is 0 Å². The van der Waals surface area contributed by atoms with Crippen LogP contribution in [-0.2, 0) is 11.3 Å². The summed E-state index contributed by atoms with van der Waals surface area (Å²) >= 11 is 1.74. The van der Waals surface area contributed by atoms with Crippen molar-refractivity contribution in [3.05, 3.63) is 21.9 Å². The molecule has 0 atom stereocenters. The number of rotatable bonds is 6. The molecule has 1 aromatic rings. The van der Waals surface area contributed by atoms with Gasteiger partial charge in [0, 0.05) is 22.8 Å². The lowest BCUT2D eigenvalue weighted by Gasteiger charge is -2.22. The van der Waals surface area contributed by atoms with Crippen molar-refractivity contribution in [3.63, 3.8) is 0 Å². The third-order valence-corrected chi connectivity index (χ3v) is 3.88. The molecule has 0 radical (unpaired) electrons. The Morgan fingerprint density at radius 2 is 2.05 bits per heavy atom. The third-order valence-electron chi connectivity index (χ3n) is 2.90. The largest absolute Gasteiger partial charge is 0.369 e. The molecule has 1 aromatic heterocycles. The molecule has 0 spiro atoms. The van der Waals surface area contributed by atoms with E-state index in [1.165, 1.54) is 9.75 Å². The molecule has 1 amide bonds. The first-order valence-electron chi connectivity index (χ1n) is 6.72. The van der Waals surface area contributed by atoms with E-state index in [2.05, 4.69) is 34.7 Å². The van der Waals surface area contributed by atoms with Crippen molar-refractivity contribution in [3.8, 4) is 0 Å². The SMILES string of the molecule is CCNC(=NCc1ccc(C)s1)NCC(C)(C)C(N)=O.I. The molecule has 120 valence electrons. The van der Waals surface area contributed by atoms with E-state index in [4.69, 9.17) is 5.73 Å². The first-order valence-corrected chi connectivity index (χ1v) is 7.54. The second kappa shape index (κ2) is 9.24. The van der Waals surface area contributed by atoms with Gasteiger partial charge in [0.05, 0.1) is 12.0 Å². The van der Waals surface area contributed by atoms with E-state index in [0.717, 1.165) is 6.54 Å². The maximum Gasteiger partial charge on any atom is 0.224 e. The van der Waals surface area contributed by atoms with E-state index in [9.17, 15) is 4.79 Å². The third kappa shape index (κ3) is 7.12. The molecule has 0 saturated heterocycles. The van der Waals surface area contributed by atoms with Crippen LogP contribution in [-0.4, -0.2) is 25.0 Å². The molecule has 1 rings (SSSR count). The molecule has 0 saturated carbocycles. The standard InChI is InChI=1S/C14H24N4OS.HI/c1-5-16-13(18-9-14(3,4)12(15)19)17-8-11-7-6-10(2)20-11;/h6-7H,5,8-9H2,1-4H3,(H2,15,19)(H2,16,17,18);1H. The fourth-order valence-electron chi connectivity index (χ4n) is 1.46. The van der Waals surface area contributed by atoms with Crippen molar-refractivity contribution < 1.29 is 4.79 Å². The van der Waals surface area contributed by atoms with Gasteiger partial charge in [0.2, 0.25) is 5.91 Å². The molecule has 5 nitrogen and oxygen atoms in total. The monoisotopic (exact) mass is 424 g/mol. The van der Waals surface area contributed by atoms with Gasteiger partial charge >= 0.3 is 0 Å². The van der Waals surface area contributed by atoms with Gasteiger partial charge in [-0.1, -0.05) is 0 Å². The number of hydrogen-bond donors (Lipinski definition) is 3. The summed E-state index contributed by atoms with van der Waals surface area (Å²) < 4.78 is 0. The molecule has 0 aliphatic carbocycles. The highest BCUT2D eigenvalue weighted by Crippen LogP contribution is 2.16. The maximum atomic E-state index is 11.3. The number of hydrogen-bond acceptors (Lipinski definition) is 3. The van der Waals surface area contributed by atoms with E-state index in [1.807, 2.05) is 20.8 Å². The first kappa shape index (κ1) is 20.2. The van der Waals surface area contributed by atoms with E-state index < -0.39 is 5.41 Å². The average Bonchev–Trinajstić information content (AvgIpc) is 2.78. The number of carbonyl (C=O) groups is 1. The quantitative estimate of drug-likeness (QED) is 0.372. The summed E-state index contributed by atoms with van der Waals surface area (Å²) in [6.07, 6.45) is 0. The minimum atomic E-state index is -0.601. The van der Waals surface area contributed by atoms with Gasteiger partial charge < -0.3 is 16.4 Å². The van der Waals surface area contributed by atoms with Crippen molar-refractivity contribution in [1.82, 2.24) is 10.6 Å². The van der Waals surface area contributed by atoms with Gasteiger partial charge in [-0.05, 0) is 39.8 Å². The molecular weight excluding hydrogens is 399 g/mol. The van der Waals surface area contributed by atoms with E-state index in [-0.39, 0.29) is 29.9 Å². The van der Waals surface area contributed by atoms with Crippen molar-refractivity contribution in [2.75, 3.05) is 13.1 Å². The molecule has 7 heteroatoms. The summed E-state index contributed by atoms with van der Waals surface area (Å²) in [6.45, 7) is 9.57. The number of guanidine groups is 1. The Hall–Kier alpha value is -0.830. The number of aryl methyl sites for hydroxylation is 1. The lowest BCUT2D eigenvalue weighted by Crippen LogP contribution is -2.46. The normalized spacial score (nSPS) is 11.7. The summed E-state index contributed by atoms with van der Waals surface area (Å²) in [6, 6.07) is 4.17. The lowest BCUT2D eigenvalue weighted by atomic mass is 9.93. The van der Waals surface area contributed by atoms with Crippen LogP contribution in [0.25, 0.3) is 0 Å². The molecule has 4 N–H and O–H groups in total. The van der Waals surface area contributed by atoms with Crippen LogP contribution in [0, 0.1) is 12.3 Å². The molecule has 0 fully saturated rings. The van der Waals surface area contributed by atoms with Gasteiger partial charge in [-0.25, -0.2) is 4.99 Å². The molecule has 0 aliphatic rings. The molecule has 0 bridgehead atoms. The Bertz CT molecular complexity index is 485. The van der Waals surface area contributed by atoms with Crippen LogP contribution in [0.4, 0.5) is 0 Å². The van der Waals surface area contributed by atoms with Gasteiger partial charge in [0.15, 0.2) is 5.96 Å².